The van der Waals surface area contributed by atoms with E-state index in [4.69, 9.17) is 0 Å². The fourth-order valence-corrected chi connectivity index (χ4v) is 3.86. The van der Waals surface area contributed by atoms with Crippen LogP contribution in [0.2, 0.25) is 0 Å². The summed E-state index contributed by atoms with van der Waals surface area (Å²) in [5, 5.41) is 5.83. The van der Waals surface area contributed by atoms with Gasteiger partial charge in [0.25, 0.3) is 5.91 Å². The van der Waals surface area contributed by atoms with Crippen LogP contribution >= 0.6 is 0 Å². The van der Waals surface area contributed by atoms with Crippen LogP contribution in [0, 0.1) is 11.3 Å². The molecule has 1 aliphatic heterocycles. The second kappa shape index (κ2) is 6.26. The van der Waals surface area contributed by atoms with Crippen LogP contribution in [0.25, 0.3) is 0 Å². The molecule has 1 heterocycles. The van der Waals surface area contributed by atoms with Crippen molar-refractivity contribution in [1.82, 2.24) is 5.01 Å². The number of carbonyl (C=O) groups excluding carboxylic acids is 2. The van der Waals surface area contributed by atoms with Gasteiger partial charge < -0.3 is 0 Å². The van der Waals surface area contributed by atoms with Gasteiger partial charge in [-0.15, -0.1) is 0 Å². The van der Waals surface area contributed by atoms with Crippen LogP contribution in [0.3, 0.4) is 0 Å². The zero-order chi connectivity index (χ0) is 16.4. The maximum absolute atomic E-state index is 13.0. The lowest BCUT2D eigenvalue weighted by Gasteiger charge is -2.35. The van der Waals surface area contributed by atoms with Crippen LogP contribution in [-0.2, 0) is 4.79 Å². The Morgan fingerprint density at radius 3 is 2.52 bits per heavy atom. The first kappa shape index (κ1) is 15.9. The molecule has 0 aromatic heterocycles. The summed E-state index contributed by atoms with van der Waals surface area (Å²) in [6, 6.07) is 9.10. The van der Waals surface area contributed by atoms with Crippen molar-refractivity contribution in [2.45, 2.75) is 46.0 Å². The number of benzene rings is 1. The molecular formula is C19H24N2O2. The van der Waals surface area contributed by atoms with Gasteiger partial charge in [-0.1, -0.05) is 49.6 Å². The van der Waals surface area contributed by atoms with E-state index in [0.29, 0.717) is 11.5 Å². The molecule has 1 aromatic carbocycles. The van der Waals surface area contributed by atoms with Crippen molar-refractivity contribution >= 4 is 17.4 Å². The number of amides is 1. The Balaban J connectivity index is 1.76. The number of ketones is 1. The first-order valence-electron chi connectivity index (χ1n) is 8.49. The van der Waals surface area contributed by atoms with Gasteiger partial charge in [0.15, 0.2) is 5.78 Å². The molecule has 1 aromatic rings. The zero-order valence-corrected chi connectivity index (χ0v) is 13.9. The minimum atomic E-state index is -0.530. The summed E-state index contributed by atoms with van der Waals surface area (Å²) in [5.41, 5.74) is 0.951. The topological polar surface area (TPSA) is 49.7 Å². The van der Waals surface area contributed by atoms with Gasteiger partial charge in [-0.3, -0.25) is 9.59 Å². The van der Waals surface area contributed by atoms with Crippen molar-refractivity contribution in [3.8, 4) is 0 Å². The van der Waals surface area contributed by atoms with Gasteiger partial charge in [0.1, 0.15) is 6.54 Å². The Morgan fingerprint density at radius 2 is 1.87 bits per heavy atom. The van der Waals surface area contributed by atoms with Crippen LogP contribution in [-0.4, -0.2) is 29.0 Å². The Morgan fingerprint density at radius 1 is 1.22 bits per heavy atom. The number of rotatable bonds is 4. The van der Waals surface area contributed by atoms with Crippen LogP contribution < -0.4 is 0 Å². The molecule has 0 spiro atoms. The van der Waals surface area contributed by atoms with Gasteiger partial charge in [-0.25, -0.2) is 5.01 Å². The highest BCUT2D eigenvalue weighted by molar-refractivity contribution is 6.12. The second-order valence-corrected chi connectivity index (χ2v) is 6.87. The lowest BCUT2D eigenvalue weighted by atomic mass is 9.67. The van der Waals surface area contributed by atoms with E-state index in [1.54, 1.807) is 12.1 Å². The quantitative estimate of drug-likeness (QED) is 0.796. The molecular weight excluding hydrogens is 288 g/mol. The summed E-state index contributed by atoms with van der Waals surface area (Å²) < 4.78 is 0. The smallest absolute Gasteiger partial charge is 0.255 e. The maximum atomic E-state index is 13.0. The first-order valence-corrected chi connectivity index (χ1v) is 8.49. The molecule has 2 aliphatic rings. The molecule has 1 fully saturated rings. The highest BCUT2D eigenvalue weighted by Crippen LogP contribution is 2.43. The van der Waals surface area contributed by atoms with E-state index in [0.717, 1.165) is 18.6 Å². The van der Waals surface area contributed by atoms with Crippen molar-refractivity contribution in [3.63, 3.8) is 0 Å². The van der Waals surface area contributed by atoms with Gasteiger partial charge in [-0.2, -0.15) is 5.10 Å². The fourth-order valence-electron chi connectivity index (χ4n) is 3.86. The summed E-state index contributed by atoms with van der Waals surface area (Å²) in [7, 11) is 0. The molecule has 1 aliphatic carbocycles. The molecule has 1 saturated carbocycles. The third-order valence-electron chi connectivity index (χ3n) is 5.51. The van der Waals surface area contributed by atoms with Crippen molar-refractivity contribution < 1.29 is 9.59 Å². The lowest BCUT2D eigenvalue weighted by molar-refractivity contribution is -0.137. The molecule has 0 unspecified atom stereocenters. The number of hydrogen-bond acceptors (Lipinski definition) is 3. The van der Waals surface area contributed by atoms with Crippen LogP contribution in [0.15, 0.2) is 35.4 Å². The largest absolute Gasteiger partial charge is 0.292 e. The Bertz CT molecular complexity index is 632. The van der Waals surface area contributed by atoms with E-state index in [1.165, 1.54) is 24.3 Å². The van der Waals surface area contributed by atoms with E-state index in [9.17, 15) is 9.59 Å². The molecule has 0 N–H and O–H groups in total. The number of nitrogens with zero attached hydrogens (tertiary/aromatic N) is 2. The van der Waals surface area contributed by atoms with Gasteiger partial charge in [0.05, 0.1) is 11.1 Å². The summed E-state index contributed by atoms with van der Waals surface area (Å²) in [6.07, 6.45) is 5.78. The Kier molecular flexibility index (Phi) is 4.33. The first-order chi connectivity index (χ1) is 11.0. The normalized spacial score (nSPS) is 25.6. The van der Waals surface area contributed by atoms with E-state index in [-0.39, 0.29) is 18.2 Å². The van der Waals surface area contributed by atoms with Crippen molar-refractivity contribution in [3.05, 3.63) is 35.9 Å². The highest BCUT2D eigenvalue weighted by atomic mass is 16.2. The van der Waals surface area contributed by atoms with Gasteiger partial charge in [0.2, 0.25) is 0 Å². The third kappa shape index (κ3) is 2.82. The molecule has 1 amide bonds. The molecule has 0 saturated heterocycles. The van der Waals surface area contributed by atoms with Gasteiger partial charge in [-0.05, 0) is 32.6 Å². The molecule has 3 rings (SSSR count). The molecule has 0 radical (unpaired) electrons. The van der Waals surface area contributed by atoms with Crippen molar-refractivity contribution in [2.24, 2.45) is 16.4 Å². The average molecular weight is 312 g/mol. The average Bonchev–Trinajstić information content (AvgIpc) is 2.81. The number of Topliss-reactive ketones (excluding diaryl/α,β-unsaturated/α-hetero) is 1. The van der Waals surface area contributed by atoms with Crippen LogP contribution in [0.5, 0.6) is 0 Å². The lowest BCUT2D eigenvalue weighted by Crippen LogP contribution is -2.44. The van der Waals surface area contributed by atoms with Gasteiger partial charge >= 0.3 is 0 Å². The second-order valence-electron chi connectivity index (χ2n) is 6.87. The number of hydrogen-bond donors (Lipinski definition) is 0. The maximum Gasteiger partial charge on any atom is 0.255 e. The standard InChI is InChI=1S/C19H24N2O2/c1-14-19(2,16-11-7-4-8-12-16)18(23)21(20-14)13-17(22)15-9-5-3-6-10-15/h3,5-6,9-10,16H,4,7-8,11-13H2,1-2H3/t19-/m0/s1. The summed E-state index contributed by atoms with van der Waals surface area (Å²) in [5.74, 6) is 0.277. The molecule has 4 nitrogen and oxygen atoms in total. The summed E-state index contributed by atoms with van der Waals surface area (Å²) in [4.78, 5) is 25.3. The molecule has 23 heavy (non-hydrogen) atoms. The number of carbonyl (C=O) groups is 2. The summed E-state index contributed by atoms with van der Waals surface area (Å²) in [6.45, 7) is 3.97. The number of hydrazone groups is 1. The van der Waals surface area contributed by atoms with E-state index in [1.807, 2.05) is 32.0 Å². The van der Waals surface area contributed by atoms with E-state index < -0.39 is 5.41 Å². The molecule has 1 atom stereocenters. The summed E-state index contributed by atoms with van der Waals surface area (Å²) >= 11 is 0. The van der Waals surface area contributed by atoms with Crippen molar-refractivity contribution in [1.29, 1.82) is 0 Å². The van der Waals surface area contributed by atoms with Crippen molar-refractivity contribution in [2.75, 3.05) is 6.54 Å². The fraction of sp³-hybridized carbons (Fsp3) is 0.526. The van der Waals surface area contributed by atoms with Crippen LogP contribution in [0.4, 0.5) is 0 Å². The predicted octanol–water partition coefficient (Wildman–Crippen LogP) is 3.67. The SMILES string of the molecule is CC1=NN(CC(=O)c2ccccc2)C(=O)[C@]1(C)C1CCCCC1. The Labute approximate surface area is 137 Å². The highest BCUT2D eigenvalue weighted by Gasteiger charge is 2.50. The third-order valence-corrected chi connectivity index (χ3v) is 5.51. The van der Waals surface area contributed by atoms with E-state index in [2.05, 4.69) is 5.10 Å². The minimum Gasteiger partial charge on any atom is -0.292 e. The van der Waals surface area contributed by atoms with Crippen LogP contribution in [0.1, 0.15) is 56.3 Å². The molecule has 4 heteroatoms. The minimum absolute atomic E-state index is 0.00817. The zero-order valence-electron chi connectivity index (χ0n) is 13.9. The van der Waals surface area contributed by atoms with Gasteiger partial charge in [0, 0.05) is 5.56 Å². The monoisotopic (exact) mass is 312 g/mol. The Hall–Kier alpha value is -1.97. The van der Waals surface area contributed by atoms with E-state index >= 15 is 0 Å². The molecule has 0 bridgehead atoms. The predicted molar refractivity (Wildman–Crippen MR) is 90.3 cm³/mol. The molecule has 122 valence electrons.